The van der Waals surface area contributed by atoms with E-state index in [0.717, 1.165) is 12.2 Å². The molecule has 0 amide bonds. The zero-order valence-corrected chi connectivity index (χ0v) is 7.29. The van der Waals surface area contributed by atoms with Crippen molar-refractivity contribution in [3.05, 3.63) is 24.1 Å². The lowest BCUT2D eigenvalue weighted by atomic mass is 10.1. The van der Waals surface area contributed by atoms with Crippen molar-refractivity contribution in [3.8, 4) is 0 Å². The molecule has 1 atom stereocenters. The van der Waals surface area contributed by atoms with Crippen molar-refractivity contribution in [2.75, 3.05) is 7.11 Å². The van der Waals surface area contributed by atoms with Gasteiger partial charge in [-0.2, -0.15) is 0 Å². The fourth-order valence-electron chi connectivity index (χ4n) is 1.74. The first kappa shape index (κ1) is 7.59. The Morgan fingerprint density at radius 2 is 2.50 bits per heavy atom. The molecule has 2 nitrogen and oxygen atoms in total. The maximum atomic E-state index is 5.10. The quantitative estimate of drug-likeness (QED) is 0.581. The molecule has 1 aliphatic carbocycles. The predicted octanol–water partition coefficient (Wildman–Crippen LogP) is 2.29. The number of allylic oxidation sites excluding steroid dienone is 2. The summed E-state index contributed by atoms with van der Waals surface area (Å²) in [6.07, 6.45) is 9.73. The molecule has 2 aliphatic rings. The van der Waals surface area contributed by atoms with Crippen LogP contribution in [0.15, 0.2) is 29.1 Å². The first-order valence-electron chi connectivity index (χ1n) is 4.39. The molecule has 12 heavy (non-hydrogen) atoms. The lowest BCUT2D eigenvalue weighted by Crippen LogP contribution is -2.01. The molecule has 0 aromatic heterocycles. The smallest absolute Gasteiger partial charge is 0.136 e. The maximum Gasteiger partial charge on any atom is 0.136 e. The zero-order valence-electron chi connectivity index (χ0n) is 7.29. The molecule has 1 aliphatic heterocycles. The minimum atomic E-state index is 0.578. The molecular weight excluding hydrogens is 150 g/mol. The Kier molecular flexibility index (Phi) is 1.98. The highest BCUT2D eigenvalue weighted by Gasteiger charge is 2.20. The number of aliphatic imine (C=N–C) groups is 1. The Morgan fingerprint density at radius 1 is 1.58 bits per heavy atom. The standard InChI is InChI=1S/C10H13NO/c1-12-9-6-5-8-3-2-4-10(8)11-7-9/h5-8H,2-4H2,1H3. The number of hydrogen-bond donors (Lipinski definition) is 0. The molecule has 0 spiro atoms. The van der Waals surface area contributed by atoms with E-state index in [2.05, 4.69) is 11.1 Å². The molecule has 1 saturated carbocycles. The van der Waals surface area contributed by atoms with E-state index in [1.807, 2.05) is 12.3 Å². The molecule has 0 aromatic rings. The van der Waals surface area contributed by atoms with Crippen LogP contribution in [0.5, 0.6) is 0 Å². The van der Waals surface area contributed by atoms with Crippen LogP contribution in [0, 0.1) is 5.92 Å². The first-order valence-corrected chi connectivity index (χ1v) is 4.39. The van der Waals surface area contributed by atoms with Gasteiger partial charge >= 0.3 is 0 Å². The van der Waals surface area contributed by atoms with Gasteiger partial charge in [0.25, 0.3) is 0 Å². The normalized spacial score (nSPS) is 27.2. The van der Waals surface area contributed by atoms with Gasteiger partial charge in [-0.25, -0.2) is 0 Å². The summed E-state index contributed by atoms with van der Waals surface area (Å²) < 4.78 is 5.10. The second kappa shape index (κ2) is 3.13. The largest absolute Gasteiger partial charge is 0.495 e. The van der Waals surface area contributed by atoms with Gasteiger partial charge in [0, 0.05) is 11.6 Å². The van der Waals surface area contributed by atoms with Gasteiger partial charge in [0.15, 0.2) is 0 Å². The summed E-state index contributed by atoms with van der Waals surface area (Å²) >= 11 is 0. The molecule has 2 heteroatoms. The Hall–Kier alpha value is -1.05. The van der Waals surface area contributed by atoms with Crippen LogP contribution in [0.25, 0.3) is 0 Å². The summed E-state index contributed by atoms with van der Waals surface area (Å²) in [5.41, 5.74) is 1.32. The molecule has 0 saturated heterocycles. The van der Waals surface area contributed by atoms with Crippen molar-refractivity contribution >= 4 is 5.71 Å². The molecular formula is C10H13NO. The van der Waals surface area contributed by atoms with E-state index >= 15 is 0 Å². The molecule has 1 heterocycles. The summed E-state index contributed by atoms with van der Waals surface area (Å²) in [5.74, 6) is 1.44. The third-order valence-corrected chi connectivity index (χ3v) is 2.46. The second-order valence-electron chi connectivity index (χ2n) is 3.21. The first-order chi connectivity index (χ1) is 5.90. The maximum absolute atomic E-state index is 5.10. The van der Waals surface area contributed by atoms with Gasteiger partial charge in [0.05, 0.1) is 13.3 Å². The lowest BCUT2D eigenvalue weighted by Gasteiger charge is -2.00. The zero-order chi connectivity index (χ0) is 8.39. The van der Waals surface area contributed by atoms with Gasteiger partial charge in [-0.1, -0.05) is 6.08 Å². The van der Waals surface area contributed by atoms with Crippen LogP contribution in [0.2, 0.25) is 0 Å². The van der Waals surface area contributed by atoms with Crippen LogP contribution in [-0.2, 0) is 4.74 Å². The topological polar surface area (TPSA) is 21.6 Å². The number of ether oxygens (including phenoxy) is 1. The van der Waals surface area contributed by atoms with Gasteiger partial charge in [0.1, 0.15) is 5.76 Å². The summed E-state index contributed by atoms with van der Waals surface area (Å²) in [6, 6.07) is 0. The summed E-state index contributed by atoms with van der Waals surface area (Å²) in [7, 11) is 1.68. The van der Waals surface area contributed by atoms with E-state index < -0.39 is 0 Å². The third kappa shape index (κ3) is 1.29. The number of fused-ring (bicyclic) bond motifs is 1. The molecule has 0 N–H and O–H groups in total. The number of hydrogen-bond acceptors (Lipinski definition) is 2. The monoisotopic (exact) mass is 163 g/mol. The lowest BCUT2D eigenvalue weighted by molar-refractivity contribution is 0.306. The fraction of sp³-hybridized carbons (Fsp3) is 0.500. The molecule has 0 aromatic carbocycles. The van der Waals surface area contributed by atoms with Gasteiger partial charge < -0.3 is 4.74 Å². The third-order valence-electron chi connectivity index (χ3n) is 2.46. The van der Waals surface area contributed by atoms with Crippen molar-refractivity contribution in [2.24, 2.45) is 10.9 Å². The summed E-state index contributed by atoms with van der Waals surface area (Å²) in [6.45, 7) is 0. The molecule has 1 fully saturated rings. The fourth-order valence-corrected chi connectivity index (χ4v) is 1.74. The Morgan fingerprint density at radius 3 is 3.33 bits per heavy atom. The van der Waals surface area contributed by atoms with Crippen LogP contribution in [0.3, 0.4) is 0 Å². The van der Waals surface area contributed by atoms with E-state index in [4.69, 9.17) is 4.74 Å². The molecule has 0 bridgehead atoms. The average molecular weight is 163 g/mol. The number of rotatable bonds is 1. The van der Waals surface area contributed by atoms with Crippen molar-refractivity contribution in [1.82, 2.24) is 0 Å². The van der Waals surface area contributed by atoms with E-state index in [-0.39, 0.29) is 0 Å². The Labute approximate surface area is 72.6 Å². The van der Waals surface area contributed by atoms with Gasteiger partial charge in [0.2, 0.25) is 0 Å². The summed E-state index contributed by atoms with van der Waals surface area (Å²) in [4.78, 5) is 4.40. The highest BCUT2D eigenvalue weighted by atomic mass is 16.5. The van der Waals surface area contributed by atoms with E-state index in [0.29, 0.717) is 5.92 Å². The van der Waals surface area contributed by atoms with Crippen LogP contribution in [0.1, 0.15) is 19.3 Å². The van der Waals surface area contributed by atoms with Crippen molar-refractivity contribution in [3.63, 3.8) is 0 Å². The van der Waals surface area contributed by atoms with Crippen molar-refractivity contribution < 1.29 is 4.74 Å². The minimum Gasteiger partial charge on any atom is -0.495 e. The van der Waals surface area contributed by atoms with Crippen LogP contribution >= 0.6 is 0 Å². The predicted molar refractivity (Wildman–Crippen MR) is 49.0 cm³/mol. The Balaban J connectivity index is 2.24. The highest BCUT2D eigenvalue weighted by molar-refractivity contribution is 5.90. The highest BCUT2D eigenvalue weighted by Crippen LogP contribution is 2.26. The molecule has 0 radical (unpaired) electrons. The number of nitrogens with zero attached hydrogens (tertiary/aromatic N) is 1. The van der Waals surface area contributed by atoms with E-state index in [1.54, 1.807) is 7.11 Å². The Bertz CT molecular complexity index is 263. The second-order valence-corrected chi connectivity index (χ2v) is 3.21. The van der Waals surface area contributed by atoms with E-state index in [1.165, 1.54) is 18.6 Å². The van der Waals surface area contributed by atoms with Crippen LogP contribution in [0.4, 0.5) is 0 Å². The van der Waals surface area contributed by atoms with Gasteiger partial charge in [-0.05, 0) is 25.3 Å². The van der Waals surface area contributed by atoms with E-state index in [9.17, 15) is 0 Å². The SMILES string of the molecule is COC1=CN=C2CCCC2C=C1. The average Bonchev–Trinajstić information content (AvgIpc) is 2.46. The van der Waals surface area contributed by atoms with Crippen molar-refractivity contribution in [1.29, 1.82) is 0 Å². The molecule has 64 valence electrons. The summed E-state index contributed by atoms with van der Waals surface area (Å²) in [5, 5.41) is 0. The van der Waals surface area contributed by atoms with Crippen molar-refractivity contribution in [2.45, 2.75) is 19.3 Å². The van der Waals surface area contributed by atoms with Crippen LogP contribution in [-0.4, -0.2) is 12.8 Å². The molecule has 2 rings (SSSR count). The number of methoxy groups -OCH3 is 1. The van der Waals surface area contributed by atoms with Gasteiger partial charge in [-0.15, -0.1) is 0 Å². The minimum absolute atomic E-state index is 0.578. The van der Waals surface area contributed by atoms with Gasteiger partial charge in [-0.3, -0.25) is 4.99 Å². The van der Waals surface area contributed by atoms with Crippen LogP contribution < -0.4 is 0 Å². The molecule has 1 unspecified atom stereocenters.